The molecule has 2 aliphatic heterocycles. The van der Waals surface area contributed by atoms with E-state index in [2.05, 4.69) is 4.90 Å². The number of halogens is 5. The molecular formula is C22H28Cl2F3N3O2S. The monoisotopic (exact) mass is 525 g/mol. The van der Waals surface area contributed by atoms with Crippen LogP contribution < -0.4 is 4.90 Å². The maximum atomic E-state index is 13.3. The number of nitrogens with zero attached hydrogens (tertiary/aromatic N) is 3. The van der Waals surface area contributed by atoms with Crippen molar-refractivity contribution in [1.82, 2.24) is 4.90 Å². The summed E-state index contributed by atoms with van der Waals surface area (Å²) in [6.45, 7) is 3.76. The highest BCUT2D eigenvalue weighted by atomic mass is 35.5. The van der Waals surface area contributed by atoms with E-state index in [0.717, 1.165) is 34.5 Å². The van der Waals surface area contributed by atoms with Crippen LogP contribution in [0.3, 0.4) is 0 Å². The second kappa shape index (κ2) is 11.5. The number of hydrogen-bond donors (Lipinski definition) is 1. The van der Waals surface area contributed by atoms with Gasteiger partial charge in [-0.3, -0.25) is 4.90 Å². The van der Waals surface area contributed by atoms with E-state index in [1.165, 1.54) is 17.8 Å². The molecule has 11 heteroatoms. The van der Waals surface area contributed by atoms with E-state index < -0.39 is 11.7 Å². The van der Waals surface area contributed by atoms with Gasteiger partial charge in [0.05, 0.1) is 36.6 Å². The van der Waals surface area contributed by atoms with Crippen molar-refractivity contribution in [2.75, 3.05) is 57.3 Å². The largest absolute Gasteiger partial charge is 0.633 e. The number of alkyl halides is 3. The lowest BCUT2D eigenvalue weighted by Crippen LogP contribution is -2.57. The van der Waals surface area contributed by atoms with E-state index in [9.17, 15) is 18.4 Å². The normalized spacial score (nSPS) is 17.4. The summed E-state index contributed by atoms with van der Waals surface area (Å²) in [7, 11) is 0. The molecular weight excluding hydrogens is 498 g/mol. The van der Waals surface area contributed by atoms with Crippen molar-refractivity contribution in [3.8, 4) is 0 Å². The lowest BCUT2D eigenvalue weighted by molar-refractivity contribution is -0.885. The summed E-state index contributed by atoms with van der Waals surface area (Å²) >= 11 is 1.49. The zero-order valence-corrected chi connectivity index (χ0v) is 20.4. The van der Waals surface area contributed by atoms with E-state index in [0.29, 0.717) is 38.4 Å². The summed E-state index contributed by atoms with van der Waals surface area (Å²) in [6.07, 6.45) is -3.61. The van der Waals surface area contributed by atoms with Crippen LogP contribution >= 0.6 is 36.6 Å². The molecule has 1 N–H and O–H groups in total. The number of hydrogen-bond acceptors (Lipinski definition) is 5. The Morgan fingerprint density at radius 3 is 2.30 bits per heavy atom. The number of anilines is 2. The smallest absolute Gasteiger partial charge is 0.416 e. The number of aliphatic hydroxyl groups excluding tert-OH is 1. The van der Waals surface area contributed by atoms with Crippen LogP contribution in [0.5, 0.6) is 0 Å². The highest BCUT2D eigenvalue weighted by Gasteiger charge is 2.33. The Morgan fingerprint density at radius 2 is 1.64 bits per heavy atom. The van der Waals surface area contributed by atoms with Crippen LogP contribution in [-0.4, -0.2) is 67.1 Å². The molecule has 2 aromatic carbocycles. The molecule has 0 radical (unpaired) electrons. The minimum atomic E-state index is -4.38. The van der Waals surface area contributed by atoms with E-state index in [1.54, 1.807) is 6.07 Å². The van der Waals surface area contributed by atoms with E-state index in [1.807, 2.05) is 29.2 Å². The van der Waals surface area contributed by atoms with Gasteiger partial charge in [-0.2, -0.15) is 13.2 Å². The third-order valence-electron chi connectivity index (χ3n) is 5.96. The fraction of sp³-hybridized carbons (Fsp3) is 0.455. The molecule has 2 heterocycles. The Balaban J connectivity index is 0.00000193. The van der Waals surface area contributed by atoms with E-state index in [4.69, 9.17) is 5.11 Å². The van der Waals surface area contributed by atoms with Gasteiger partial charge < -0.3 is 19.9 Å². The van der Waals surface area contributed by atoms with Crippen LogP contribution in [0, 0.1) is 5.21 Å². The molecule has 5 nitrogen and oxygen atoms in total. The highest BCUT2D eigenvalue weighted by molar-refractivity contribution is 7.99. The summed E-state index contributed by atoms with van der Waals surface area (Å²) in [4.78, 5) is 6.07. The molecule has 0 aliphatic carbocycles. The molecule has 0 bridgehead atoms. The first-order chi connectivity index (χ1) is 14.8. The molecule has 0 unspecified atom stereocenters. The van der Waals surface area contributed by atoms with Crippen LogP contribution in [0.2, 0.25) is 0 Å². The number of piperazine rings is 1. The van der Waals surface area contributed by atoms with Gasteiger partial charge in [0, 0.05) is 36.0 Å². The van der Waals surface area contributed by atoms with E-state index >= 15 is 0 Å². The second-order valence-corrected chi connectivity index (χ2v) is 9.13. The van der Waals surface area contributed by atoms with Crippen LogP contribution in [0.1, 0.15) is 12.0 Å². The Bertz CT molecular complexity index is 928. The minimum Gasteiger partial charge on any atom is -0.633 e. The molecule has 0 atom stereocenters. The maximum Gasteiger partial charge on any atom is 0.416 e. The summed E-state index contributed by atoms with van der Waals surface area (Å²) in [6, 6.07) is 11.7. The Morgan fingerprint density at radius 1 is 0.970 bits per heavy atom. The Kier molecular flexibility index (Phi) is 9.76. The predicted molar refractivity (Wildman–Crippen MR) is 130 cm³/mol. The molecule has 2 aliphatic rings. The van der Waals surface area contributed by atoms with Crippen molar-refractivity contribution >= 4 is 48.0 Å². The van der Waals surface area contributed by atoms with Crippen molar-refractivity contribution in [3.63, 3.8) is 0 Å². The van der Waals surface area contributed by atoms with Crippen molar-refractivity contribution in [1.29, 1.82) is 0 Å². The Hall–Kier alpha value is -1.20. The molecule has 0 amide bonds. The van der Waals surface area contributed by atoms with Gasteiger partial charge >= 0.3 is 6.18 Å². The number of hydroxylamine groups is 3. The number of rotatable bonds is 6. The van der Waals surface area contributed by atoms with Gasteiger partial charge in [0.1, 0.15) is 6.54 Å². The fourth-order valence-corrected chi connectivity index (χ4v) is 5.28. The zero-order valence-electron chi connectivity index (χ0n) is 18.0. The van der Waals surface area contributed by atoms with Gasteiger partial charge in [-0.25, -0.2) is 0 Å². The third-order valence-corrected chi connectivity index (χ3v) is 7.09. The topological polar surface area (TPSA) is 49.8 Å². The van der Waals surface area contributed by atoms with Crippen molar-refractivity contribution < 1.29 is 22.9 Å². The van der Waals surface area contributed by atoms with Crippen LogP contribution in [0.4, 0.5) is 24.5 Å². The summed E-state index contributed by atoms with van der Waals surface area (Å²) in [5, 5.41) is 21.5. The van der Waals surface area contributed by atoms with Gasteiger partial charge in [0.2, 0.25) is 0 Å². The van der Waals surface area contributed by atoms with Crippen LogP contribution in [0.25, 0.3) is 0 Å². The lowest BCUT2D eigenvalue weighted by atomic mass is 10.1. The molecule has 0 aromatic heterocycles. The molecule has 2 aromatic rings. The average molecular weight is 526 g/mol. The lowest BCUT2D eigenvalue weighted by Gasteiger charge is -2.48. The summed E-state index contributed by atoms with van der Waals surface area (Å²) < 4.78 is 39.6. The SMILES string of the molecule is Cl.Cl.[O-][N+]1(CCO)CCN(CCCN2c3ccccc3Sc3ccc(C(F)(F)F)cc32)CC1. The average Bonchev–Trinajstić information content (AvgIpc) is 2.74. The Labute approximate surface area is 208 Å². The molecule has 4 rings (SSSR count). The van der Waals surface area contributed by atoms with Gasteiger partial charge in [0.25, 0.3) is 0 Å². The van der Waals surface area contributed by atoms with Crippen LogP contribution in [0.15, 0.2) is 52.3 Å². The number of benzene rings is 2. The van der Waals surface area contributed by atoms with Gasteiger partial charge in [-0.1, -0.05) is 23.9 Å². The first-order valence-electron chi connectivity index (χ1n) is 10.5. The quantitative estimate of drug-likeness (QED) is 0.416. The van der Waals surface area contributed by atoms with Gasteiger partial charge in [-0.15, -0.1) is 24.8 Å². The van der Waals surface area contributed by atoms with Gasteiger partial charge in [0.15, 0.2) is 0 Å². The number of aliphatic hydroxyl groups is 1. The first-order valence-corrected chi connectivity index (χ1v) is 11.3. The third kappa shape index (κ3) is 6.48. The number of para-hydroxylation sites is 1. The molecule has 1 fully saturated rings. The minimum absolute atomic E-state index is 0. The number of quaternary nitrogens is 1. The molecule has 33 heavy (non-hydrogen) atoms. The number of fused-ring (bicyclic) bond motifs is 2. The van der Waals surface area contributed by atoms with Crippen molar-refractivity contribution in [3.05, 3.63) is 53.2 Å². The summed E-state index contributed by atoms with van der Waals surface area (Å²) in [5.74, 6) is 0. The van der Waals surface area contributed by atoms with E-state index in [-0.39, 0.29) is 42.6 Å². The standard InChI is InChI=1S/C22H26F3N3O2S.2ClH/c23-22(24,25)17-6-7-21-19(16-17)27(18-4-1-2-5-20(18)31-21)9-3-8-26-10-12-28(30,13-11-26)14-15-29;;/h1-2,4-7,16,29H,3,8-15H2;2*1H. The molecule has 0 saturated carbocycles. The fourth-order valence-electron chi connectivity index (χ4n) is 4.20. The second-order valence-electron chi connectivity index (χ2n) is 8.05. The van der Waals surface area contributed by atoms with Crippen LogP contribution in [-0.2, 0) is 6.18 Å². The van der Waals surface area contributed by atoms with Gasteiger partial charge in [-0.05, 0) is 36.8 Å². The van der Waals surface area contributed by atoms with Crippen molar-refractivity contribution in [2.45, 2.75) is 22.4 Å². The molecule has 1 saturated heterocycles. The molecule has 0 spiro atoms. The maximum absolute atomic E-state index is 13.3. The highest BCUT2D eigenvalue weighted by Crippen LogP contribution is 2.49. The predicted octanol–water partition coefficient (Wildman–Crippen LogP) is 5.16. The molecule has 184 valence electrons. The summed E-state index contributed by atoms with van der Waals surface area (Å²) in [5.41, 5.74) is 0.882. The zero-order chi connectivity index (χ0) is 22.1. The van der Waals surface area contributed by atoms with Crippen molar-refractivity contribution in [2.24, 2.45) is 0 Å². The first kappa shape index (κ1) is 28.0.